The van der Waals surface area contributed by atoms with E-state index in [-0.39, 0.29) is 11.7 Å². The molecule has 3 N–H and O–H groups in total. The maximum Gasteiger partial charge on any atom is 0.253 e. The Morgan fingerprint density at radius 2 is 2.14 bits per heavy atom. The van der Waals surface area contributed by atoms with Gasteiger partial charge in [-0.15, -0.1) is 0 Å². The minimum Gasteiger partial charge on any atom is -0.409 e. The van der Waals surface area contributed by atoms with Gasteiger partial charge < -0.3 is 15.8 Å². The summed E-state index contributed by atoms with van der Waals surface area (Å²) in [6.45, 7) is 6.96. The van der Waals surface area contributed by atoms with Crippen molar-refractivity contribution in [1.29, 1.82) is 0 Å². The van der Waals surface area contributed by atoms with Crippen molar-refractivity contribution < 1.29 is 10.0 Å². The zero-order valence-corrected chi connectivity index (χ0v) is 13.4. The van der Waals surface area contributed by atoms with Gasteiger partial charge in [0.15, 0.2) is 0 Å². The number of oxime groups is 1. The van der Waals surface area contributed by atoms with Gasteiger partial charge in [-0.2, -0.15) is 0 Å². The molecular formula is C15H22ClN3O2. The minimum absolute atomic E-state index is 0.0748. The topological polar surface area (TPSA) is 78.9 Å². The van der Waals surface area contributed by atoms with Crippen LogP contribution in [0.25, 0.3) is 0 Å². The highest BCUT2D eigenvalue weighted by Crippen LogP contribution is 2.18. The highest BCUT2D eigenvalue weighted by molar-refractivity contribution is 6.31. The monoisotopic (exact) mass is 311 g/mol. The maximum absolute atomic E-state index is 12.6. The van der Waals surface area contributed by atoms with E-state index in [1.807, 2.05) is 20.8 Å². The molecule has 0 saturated heterocycles. The minimum atomic E-state index is -0.0748. The second-order valence-corrected chi connectivity index (χ2v) is 5.86. The van der Waals surface area contributed by atoms with Gasteiger partial charge in [0.25, 0.3) is 5.91 Å². The Morgan fingerprint density at radius 1 is 1.48 bits per heavy atom. The van der Waals surface area contributed by atoms with E-state index in [0.717, 1.165) is 5.56 Å². The first-order valence-electron chi connectivity index (χ1n) is 6.87. The Hall–Kier alpha value is -1.75. The summed E-state index contributed by atoms with van der Waals surface area (Å²) in [5.41, 5.74) is 6.94. The first-order chi connectivity index (χ1) is 9.85. The lowest BCUT2D eigenvalue weighted by Gasteiger charge is -2.24. The van der Waals surface area contributed by atoms with Crippen LogP contribution in [0.15, 0.2) is 23.4 Å². The van der Waals surface area contributed by atoms with Crippen molar-refractivity contribution in [3.8, 4) is 0 Å². The Balaban J connectivity index is 2.90. The van der Waals surface area contributed by atoms with Crippen LogP contribution >= 0.6 is 11.6 Å². The number of benzene rings is 1. The fraction of sp³-hybridized carbons (Fsp3) is 0.467. The molecule has 0 radical (unpaired) electrons. The Bertz CT molecular complexity index is 530. The third-order valence-corrected chi connectivity index (χ3v) is 3.47. The van der Waals surface area contributed by atoms with Crippen LogP contribution < -0.4 is 5.73 Å². The number of hydrogen-bond acceptors (Lipinski definition) is 3. The van der Waals surface area contributed by atoms with Gasteiger partial charge >= 0.3 is 0 Å². The van der Waals surface area contributed by atoms with E-state index in [4.69, 9.17) is 22.5 Å². The molecule has 21 heavy (non-hydrogen) atoms. The summed E-state index contributed by atoms with van der Waals surface area (Å²) in [5, 5.41) is 12.2. The number of amides is 1. The van der Waals surface area contributed by atoms with Gasteiger partial charge in [-0.05, 0) is 36.6 Å². The predicted molar refractivity (Wildman–Crippen MR) is 85.0 cm³/mol. The van der Waals surface area contributed by atoms with Crippen molar-refractivity contribution in [3.05, 3.63) is 34.3 Å². The molecule has 1 amide bonds. The summed E-state index contributed by atoms with van der Waals surface area (Å²) in [4.78, 5) is 14.3. The van der Waals surface area contributed by atoms with Gasteiger partial charge in [-0.25, -0.2) is 0 Å². The molecular weight excluding hydrogens is 290 g/mol. The van der Waals surface area contributed by atoms with E-state index in [1.54, 1.807) is 23.1 Å². The van der Waals surface area contributed by atoms with Gasteiger partial charge in [0.05, 0.1) is 0 Å². The normalized spacial score (nSPS) is 11.8. The zero-order valence-electron chi connectivity index (χ0n) is 12.6. The molecule has 0 fully saturated rings. The third kappa shape index (κ3) is 5.27. The molecule has 0 atom stereocenters. The zero-order chi connectivity index (χ0) is 16.0. The van der Waals surface area contributed by atoms with Crippen LogP contribution in [0.5, 0.6) is 0 Å². The Labute approximate surface area is 130 Å². The van der Waals surface area contributed by atoms with Crippen LogP contribution in [0.1, 0.15) is 36.2 Å². The molecule has 0 unspecified atom stereocenters. The van der Waals surface area contributed by atoms with Crippen molar-refractivity contribution in [2.75, 3.05) is 13.1 Å². The van der Waals surface area contributed by atoms with Crippen molar-refractivity contribution in [1.82, 2.24) is 4.90 Å². The molecule has 0 aliphatic heterocycles. The molecule has 0 bridgehead atoms. The van der Waals surface area contributed by atoms with Gasteiger partial charge in [0.1, 0.15) is 5.84 Å². The van der Waals surface area contributed by atoms with Crippen LogP contribution in [-0.4, -0.2) is 34.9 Å². The van der Waals surface area contributed by atoms with Gasteiger partial charge in [-0.3, -0.25) is 4.79 Å². The summed E-state index contributed by atoms with van der Waals surface area (Å²) in [7, 11) is 0. The lowest BCUT2D eigenvalue weighted by Crippen LogP contribution is -2.36. The second-order valence-electron chi connectivity index (χ2n) is 5.45. The van der Waals surface area contributed by atoms with E-state index in [0.29, 0.717) is 36.0 Å². The average Bonchev–Trinajstić information content (AvgIpc) is 2.44. The predicted octanol–water partition coefficient (Wildman–Crippen LogP) is 2.88. The number of amidine groups is 1. The fourth-order valence-electron chi connectivity index (χ4n) is 1.98. The number of rotatable bonds is 6. The number of hydrogen-bond donors (Lipinski definition) is 2. The highest BCUT2D eigenvalue weighted by atomic mass is 35.5. The molecule has 1 rings (SSSR count). The summed E-state index contributed by atoms with van der Waals surface area (Å²) in [5.74, 6) is 0.368. The number of carbonyl (C=O) groups is 1. The van der Waals surface area contributed by atoms with Crippen LogP contribution in [0, 0.1) is 12.8 Å². The number of carbonyl (C=O) groups excluding carboxylic acids is 1. The van der Waals surface area contributed by atoms with Crippen LogP contribution in [0.4, 0.5) is 0 Å². The molecule has 1 aromatic rings. The van der Waals surface area contributed by atoms with Crippen molar-refractivity contribution in [3.63, 3.8) is 0 Å². The van der Waals surface area contributed by atoms with Crippen LogP contribution in [0.3, 0.4) is 0 Å². The summed E-state index contributed by atoms with van der Waals surface area (Å²) in [6.07, 6.45) is 0.335. The lowest BCUT2D eigenvalue weighted by molar-refractivity contribution is 0.0740. The molecule has 0 spiro atoms. The van der Waals surface area contributed by atoms with Crippen molar-refractivity contribution >= 4 is 23.3 Å². The molecule has 116 valence electrons. The largest absolute Gasteiger partial charge is 0.409 e. The number of aryl methyl sites for hydroxylation is 1. The van der Waals surface area contributed by atoms with E-state index >= 15 is 0 Å². The molecule has 0 saturated carbocycles. The van der Waals surface area contributed by atoms with Gasteiger partial charge in [-0.1, -0.05) is 30.6 Å². The fourth-order valence-corrected chi connectivity index (χ4v) is 2.09. The van der Waals surface area contributed by atoms with E-state index < -0.39 is 0 Å². The van der Waals surface area contributed by atoms with Crippen molar-refractivity contribution in [2.45, 2.75) is 27.2 Å². The second kappa shape index (κ2) is 7.88. The first kappa shape index (κ1) is 17.3. The van der Waals surface area contributed by atoms with Gasteiger partial charge in [0, 0.05) is 30.1 Å². The standard InChI is InChI=1S/C15H22ClN3O2/c1-10(2)9-19(7-6-14(17)18-21)15(20)12-4-5-13(16)11(3)8-12/h4-5,8,10,21H,6-7,9H2,1-3H3,(H2,17,18). The van der Waals surface area contributed by atoms with E-state index in [2.05, 4.69) is 5.16 Å². The summed E-state index contributed by atoms with van der Waals surface area (Å²) < 4.78 is 0. The van der Waals surface area contributed by atoms with Crippen LogP contribution in [0.2, 0.25) is 5.02 Å². The summed E-state index contributed by atoms with van der Waals surface area (Å²) in [6, 6.07) is 5.22. The molecule has 0 aromatic heterocycles. The Kier molecular flexibility index (Phi) is 6.49. The lowest BCUT2D eigenvalue weighted by atomic mass is 10.1. The van der Waals surface area contributed by atoms with Crippen molar-refractivity contribution in [2.24, 2.45) is 16.8 Å². The quantitative estimate of drug-likeness (QED) is 0.367. The molecule has 0 aliphatic carbocycles. The van der Waals surface area contributed by atoms with E-state index in [9.17, 15) is 4.79 Å². The van der Waals surface area contributed by atoms with Gasteiger partial charge in [0.2, 0.25) is 0 Å². The highest BCUT2D eigenvalue weighted by Gasteiger charge is 2.17. The summed E-state index contributed by atoms with van der Waals surface area (Å²) >= 11 is 5.99. The number of nitrogens with two attached hydrogens (primary N) is 1. The maximum atomic E-state index is 12.6. The van der Waals surface area contributed by atoms with Crippen LogP contribution in [-0.2, 0) is 0 Å². The third-order valence-electron chi connectivity index (χ3n) is 3.04. The van der Waals surface area contributed by atoms with E-state index in [1.165, 1.54) is 0 Å². The molecule has 5 nitrogen and oxygen atoms in total. The first-order valence-corrected chi connectivity index (χ1v) is 7.24. The Morgan fingerprint density at radius 3 is 2.67 bits per heavy atom. The molecule has 6 heteroatoms. The number of nitrogens with zero attached hydrogens (tertiary/aromatic N) is 2. The number of halogens is 1. The molecule has 0 aliphatic rings. The molecule has 0 heterocycles. The molecule has 1 aromatic carbocycles. The SMILES string of the molecule is Cc1cc(C(=O)N(CC/C(N)=N/O)CC(C)C)ccc1Cl. The average molecular weight is 312 g/mol. The smallest absolute Gasteiger partial charge is 0.253 e.